The monoisotopic (exact) mass is 345 g/mol. The summed E-state index contributed by atoms with van der Waals surface area (Å²) in [5.41, 5.74) is 1.89. The molecule has 6 heteroatoms. The molecule has 1 amide bonds. The predicted octanol–water partition coefficient (Wildman–Crippen LogP) is 2.94. The molecule has 3 rings (SSSR count). The molecule has 1 N–H and O–H groups in total. The number of amides is 1. The number of carbonyl (C=O) groups is 1. The lowest BCUT2D eigenvalue weighted by Crippen LogP contribution is -2.44. The molecule has 2 aromatic rings. The van der Waals surface area contributed by atoms with Crippen molar-refractivity contribution < 1.29 is 14.3 Å². The lowest BCUT2D eigenvalue weighted by Gasteiger charge is -2.40. The molecule has 1 aliphatic rings. The quantitative estimate of drug-likeness (QED) is 0.927. The summed E-state index contributed by atoms with van der Waals surface area (Å²) in [5.74, 6) is -0.395. The van der Waals surface area contributed by atoms with E-state index in [1.165, 1.54) is 12.1 Å². The third kappa shape index (κ3) is 3.44. The van der Waals surface area contributed by atoms with Gasteiger partial charge in [-0.05, 0) is 61.9 Å². The number of benzene rings is 1. The first-order valence-electron chi connectivity index (χ1n) is 8.71. The first-order valence-corrected chi connectivity index (χ1v) is 8.71. The van der Waals surface area contributed by atoms with E-state index in [9.17, 15) is 14.3 Å². The molecule has 0 spiro atoms. The number of rotatable bonds is 4. The molecule has 0 saturated carbocycles. The van der Waals surface area contributed by atoms with Gasteiger partial charge in [-0.2, -0.15) is 5.10 Å². The minimum absolute atomic E-state index is 0.0554. The van der Waals surface area contributed by atoms with Crippen LogP contribution < -0.4 is 0 Å². The minimum atomic E-state index is -0.304. The molecule has 0 aliphatic carbocycles. The SMILES string of the molecule is CCC1(CO)CCN(C(=O)c2cc(C)n(-c3ccc(F)cc3)n2)CC1. The van der Waals surface area contributed by atoms with E-state index in [0.29, 0.717) is 18.8 Å². The Hall–Kier alpha value is -2.21. The van der Waals surface area contributed by atoms with Crippen LogP contribution in [0.5, 0.6) is 0 Å². The number of aromatic nitrogens is 2. The largest absolute Gasteiger partial charge is 0.396 e. The summed E-state index contributed by atoms with van der Waals surface area (Å²) in [4.78, 5) is 14.6. The van der Waals surface area contributed by atoms with Crippen molar-refractivity contribution in [1.82, 2.24) is 14.7 Å². The number of hydrogen-bond donors (Lipinski definition) is 1. The number of aliphatic hydroxyl groups excluding tert-OH is 1. The molecule has 1 aromatic heterocycles. The van der Waals surface area contributed by atoms with Gasteiger partial charge in [0.1, 0.15) is 5.82 Å². The molecule has 134 valence electrons. The Bertz CT molecular complexity index is 741. The van der Waals surface area contributed by atoms with Crippen molar-refractivity contribution in [3.05, 3.63) is 47.5 Å². The van der Waals surface area contributed by atoms with E-state index in [1.54, 1.807) is 27.8 Å². The zero-order valence-electron chi connectivity index (χ0n) is 14.7. The summed E-state index contributed by atoms with van der Waals surface area (Å²) in [6, 6.07) is 7.80. The number of piperidine rings is 1. The van der Waals surface area contributed by atoms with Gasteiger partial charge < -0.3 is 10.0 Å². The summed E-state index contributed by atoms with van der Waals surface area (Å²) in [6.45, 7) is 5.40. The molecule has 5 nitrogen and oxygen atoms in total. The topological polar surface area (TPSA) is 58.4 Å². The second-order valence-corrected chi connectivity index (χ2v) is 6.86. The fourth-order valence-corrected chi connectivity index (χ4v) is 3.39. The van der Waals surface area contributed by atoms with Gasteiger partial charge in [0, 0.05) is 25.4 Å². The van der Waals surface area contributed by atoms with Gasteiger partial charge in [0.15, 0.2) is 5.69 Å². The summed E-state index contributed by atoms with van der Waals surface area (Å²) < 4.78 is 14.7. The van der Waals surface area contributed by atoms with Crippen LogP contribution in [0.15, 0.2) is 30.3 Å². The van der Waals surface area contributed by atoms with Crippen molar-refractivity contribution in [2.45, 2.75) is 33.1 Å². The molecule has 1 fully saturated rings. The molecular weight excluding hydrogens is 321 g/mol. The Morgan fingerprint density at radius 1 is 1.28 bits per heavy atom. The molecule has 25 heavy (non-hydrogen) atoms. The Balaban J connectivity index is 1.76. The number of likely N-dealkylation sites (tertiary alicyclic amines) is 1. The van der Waals surface area contributed by atoms with Gasteiger partial charge in [0.05, 0.1) is 5.69 Å². The average molecular weight is 345 g/mol. The maximum Gasteiger partial charge on any atom is 0.274 e. The fourth-order valence-electron chi connectivity index (χ4n) is 3.39. The Morgan fingerprint density at radius 3 is 2.48 bits per heavy atom. The maximum absolute atomic E-state index is 13.1. The zero-order chi connectivity index (χ0) is 18.0. The first-order chi connectivity index (χ1) is 12.0. The third-order valence-corrected chi connectivity index (χ3v) is 5.37. The molecule has 1 saturated heterocycles. The lowest BCUT2D eigenvalue weighted by molar-refractivity contribution is 0.0334. The van der Waals surface area contributed by atoms with Crippen molar-refractivity contribution in [2.24, 2.45) is 5.41 Å². The summed E-state index contributed by atoms with van der Waals surface area (Å²) in [7, 11) is 0. The second-order valence-electron chi connectivity index (χ2n) is 6.86. The van der Waals surface area contributed by atoms with Crippen molar-refractivity contribution >= 4 is 5.91 Å². The fraction of sp³-hybridized carbons (Fsp3) is 0.474. The van der Waals surface area contributed by atoms with Crippen LogP contribution in [0.4, 0.5) is 4.39 Å². The molecule has 0 bridgehead atoms. The van der Waals surface area contributed by atoms with Gasteiger partial charge in [-0.1, -0.05) is 6.92 Å². The van der Waals surface area contributed by atoms with Gasteiger partial charge in [-0.25, -0.2) is 9.07 Å². The van der Waals surface area contributed by atoms with Crippen LogP contribution in [-0.4, -0.2) is 45.4 Å². The molecule has 0 unspecified atom stereocenters. The lowest BCUT2D eigenvalue weighted by atomic mass is 9.77. The van der Waals surface area contributed by atoms with E-state index < -0.39 is 0 Å². The molecule has 0 radical (unpaired) electrons. The second kappa shape index (κ2) is 6.96. The standard InChI is InChI=1S/C19H24FN3O2/c1-3-19(13-24)8-10-22(11-9-19)18(25)17-12-14(2)23(21-17)16-6-4-15(20)5-7-16/h4-7,12,24H,3,8-11,13H2,1-2H3. The first kappa shape index (κ1) is 17.6. The van der Waals surface area contributed by atoms with E-state index >= 15 is 0 Å². The number of halogens is 1. The normalized spacial score (nSPS) is 16.9. The van der Waals surface area contributed by atoms with Gasteiger partial charge in [0.25, 0.3) is 5.91 Å². The van der Waals surface area contributed by atoms with Crippen LogP contribution >= 0.6 is 0 Å². The van der Waals surface area contributed by atoms with Gasteiger partial charge in [-0.15, -0.1) is 0 Å². The van der Waals surface area contributed by atoms with E-state index in [2.05, 4.69) is 12.0 Å². The van der Waals surface area contributed by atoms with Crippen LogP contribution in [0.2, 0.25) is 0 Å². The highest BCUT2D eigenvalue weighted by atomic mass is 19.1. The third-order valence-electron chi connectivity index (χ3n) is 5.37. The number of aryl methyl sites for hydroxylation is 1. The van der Waals surface area contributed by atoms with Gasteiger partial charge >= 0.3 is 0 Å². The number of nitrogens with zero attached hydrogens (tertiary/aromatic N) is 3. The van der Waals surface area contributed by atoms with Gasteiger partial charge in [0.2, 0.25) is 0 Å². The summed E-state index contributed by atoms with van der Waals surface area (Å²) in [5, 5.41) is 14.0. The molecule has 2 heterocycles. The number of aliphatic hydroxyl groups is 1. The van der Waals surface area contributed by atoms with Crippen LogP contribution in [0, 0.1) is 18.2 Å². The Morgan fingerprint density at radius 2 is 1.92 bits per heavy atom. The highest BCUT2D eigenvalue weighted by Crippen LogP contribution is 2.34. The highest BCUT2D eigenvalue weighted by Gasteiger charge is 2.34. The molecule has 0 atom stereocenters. The zero-order valence-corrected chi connectivity index (χ0v) is 14.7. The Kier molecular flexibility index (Phi) is 4.90. The van der Waals surface area contributed by atoms with Crippen LogP contribution in [0.3, 0.4) is 0 Å². The smallest absolute Gasteiger partial charge is 0.274 e. The molecule has 1 aromatic carbocycles. The predicted molar refractivity (Wildman–Crippen MR) is 93.2 cm³/mol. The van der Waals surface area contributed by atoms with E-state index in [-0.39, 0.29) is 23.7 Å². The number of carbonyl (C=O) groups excluding carboxylic acids is 1. The summed E-state index contributed by atoms with van der Waals surface area (Å²) in [6.07, 6.45) is 2.54. The number of hydrogen-bond acceptors (Lipinski definition) is 3. The van der Waals surface area contributed by atoms with Crippen LogP contribution in [0.1, 0.15) is 42.4 Å². The van der Waals surface area contributed by atoms with E-state index in [1.807, 2.05) is 6.92 Å². The van der Waals surface area contributed by atoms with Crippen LogP contribution in [0.25, 0.3) is 5.69 Å². The minimum Gasteiger partial charge on any atom is -0.396 e. The molecule has 1 aliphatic heterocycles. The van der Waals surface area contributed by atoms with Crippen LogP contribution in [-0.2, 0) is 0 Å². The van der Waals surface area contributed by atoms with Crippen molar-refractivity contribution in [1.29, 1.82) is 0 Å². The highest BCUT2D eigenvalue weighted by molar-refractivity contribution is 5.92. The van der Waals surface area contributed by atoms with Crippen molar-refractivity contribution in [3.8, 4) is 5.69 Å². The molecular formula is C19H24FN3O2. The average Bonchev–Trinajstić information content (AvgIpc) is 3.03. The van der Waals surface area contributed by atoms with E-state index in [4.69, 9.17) is 0 Å². The summed E-state index contributed by atoms with van der Waals surface area (Å²) >= 11 is 0. The maximum atomic E-state index is 13.1. The van der Waals surface area contributed by atoms with Gasteiger partial charge in [-0.3, -0.25) is 4.79 Å². The van der Waals surface area contributed by atoms with E-state index in [0.717, 1.165) is 30.6 Å². The Labute approximate surface area is 147 Å². The van der Waals surface area contributed by atoms with Crippen molar-refractivity contribution in [3.63, 3.8) is 0 Å². The van der Waals surface area contributed by atoms with Crippen molar-refractivity contribution in [2.75, 3.05) is 19.7 Å².